The number of rotatable bonds is 3. The fourth-order valence-electron chi connectivity index (χ4n) is 4.35. The van der Waals surface area contributed by atoms with Crippen LogP contribution in [0.15, 0.2) is 35.4 Å². The highest BCUT2D eigenvalue weighted by molar-refractivity contribution is 7.94. The van der Waals surface area contributed by atoms with Gasteiger partial charge in [-0.05, 0) is 56.2 Å². The number of allylic oxidation sites excluding steroid dienone is 1. The van der Waals surface area contributed by atoms with Crippen LogP contribution in [0.4, 0.5) is 0 Å². The summed E-state index contributed by atoms with van der Waals surface area (Å²) in [6.45, 7) is 1.61. The standard InChI is InChI=1S/C20H27NO3S/c22-25(23)14-13-21-12-4-7-19(20(21)15-25)16-8-10-18(11-9-16)24-17-5-2-1-3-6-17/h8-11,15,17,19H,1-7,12-14H2. The highest BCUT2D eigenvalue weighted by Gasteiger charge is 2.31. The van der Waals surface area contributed by atoms with Gasteiger partial charge in [0.05, 0.1) is 17.3 Å². The summed E-state index contributed by atoms with van der Waals surface area (Å²) in [5.74, 6) is 1.37. The first-order valence-corrected chi connectivity index (χ1v) is 11.3. The van der Waals surface area contributed by atoms with Crippen LogP contribution in [0, 0.1) is 0 Å². The van der Waals surface area contributed by atoms with Gasteiger partial charge in [0.25, 0.3) is 0 Å². The molecule has 1 aromatic carbocycles. The van der Waals surface area contributed by atoms with Gasteiger partial charge in [-0.2, -0.15) is 0 Å². The van der Waals surface area contributed by atoms with Gasteiger partial charge in [0.2, 0.25) is 0 Å². The van der Waals surface area contributed by atoms with E-state index in [0.717, 1.165) is 43.7 Å². The van der Waals surface area contributed by atoms with Crippen molar-refractivity contribution in [3.05, 3.63) is 40.9 Å². The molecule has 4 nitrogen and oxygen atoms in total. The Kier molecular flexibility index (Phi) is 4.76. The molecule has 25 heavy (non-hydrogen) atoms. The Morgan fingerprint density at radius 1 is 0.920 bits per heavy atom. The predicted molar refractivity (Wildman–Crippen MR) is 99.4 cm³/mol. The first-order chi connectivity index (χ1) is 12.1. The Labute approximate surface area is 150 Å². The first kappa shape index (κ1) is 17.0. The van der Waals surface area contributed by atoms with Crippen LogP contribution in [0.5, 0.6) is 5.75 Å². The fraction of sp³-hybridized carbons (Fsp3) is 0.600. The topological polar surface area (TPSA) is 46.6 Å². The minimum atomic E-state index is -3.05. The largest absolute Gasteiger partial charge is 0.490 e. The molecular weight excluding hydrogens is 334 g/mol. The van der Waals surface area contributed by atoms with Crippen molar-refractivity contribution < 1.29 is 13.2 Å². The Hall–Kier alpha value is -1.49. The van der Waals surface area contributed by atoms with E-state index in [0.29, 0.717) is 12.6 Å². The van der Waals surface area contributed by atoms with Gasteiger partial charge < -0.3 is 9.64 Å². The van der Waals surface area contributed by atoms with Crippen molar-refractivity contribution in [2.75, 3.05) is 18.8 Å². The molecule has 0 radical (unpaired) electrons. The third kappa shape index (κ3) is 3.86. The molecule has 5 heteroatoms. The van der Waals surface area contributed by atoms with E-state index in [9.17, 15) is 8.42 Å². The summed E-state index contributed by atoms with van der Waals surface area (Å²) < 4.78 is 30.2. The number of piperidine rings is 1. The van der Waals surface area contributed by atoms with Crippen molar-refractivity contribution in [2.45, 2.75) is 57.0 Å². The van der Waals surface area contributed by atoms with Crippen molar-refractivity contribution in [3.63, 3.8) is 0 Å². The number of ether oxygens (including phenoxy) is 1. The molecular formula is C20H27NO3S. The summed E-state index contributed by atoms with van der Waals surface area (Å²) in [6.07, 6.45) is 8.66. The van der Waals surface area contributed by atoms with E-state index in [1.165, 1.54) is 30.2 Å². The van der Waals surface area contributed by atoms with Crippen LogP contribution in [0.1, 0.15) is 56.4 Å². The number of sulfone groups is 1. The van der Waals surface area contributed by atoms with Gasteiger partial charge in [0, 0.05) is 24.7 Å². The van der Waals surface area contributed by atoms with Crippen molar-refractivity contribution in [3.8, 4) is 5.75 Å². The van der Waals surface area contributed by atoms with Crippen LogP contribution in [-0.4, -0.2) is 38.3 Å². The minimum absolute atomic E-state index is 0.188. The van der Waals surface area contributed by atoms with Crippen molar-refractivity contribution in [1.29, 1.82) is 0 Å². The first-order valence-electron chi connectivity index (χ1n) is 9.57. The molecule has 0 amide bonds. The van der Waals surface area contributed by atoms with E-state index in [1.807, 2.05) is 0 Å². The SMILES string of the molecule is O=S1(=O)C=C2C(c3ccc(OC4CCCCC4)cc3)CCCN2CC1. The molecule has 1 saturated heterocycles. The summed E-state index contributed by atoms with van der Waals surface area (Å²) in [4.78, 5) is 2.25. The maximum atomic E-state index is 12.0. The van der Waals surface area contributed by atoms with Crippen LogP contribution in [0.3, 0.4) is 0 Å². The maximum absolute atomic E-state index is 12.0. The zero-order valence-corrected chi connectivity index (χ0v) is 15.5. The van der Waals surface area contributed by atoms with Crippen LogP contribution in [0.25, 0.3) is 0 Å². The van der Waals surface area contributed by atoms with Gasteiger partial charge in [-0.1, -0.05) is 18.6 Å². The van der Waals surface area contributed by atoms with E-state index in [1.54, 1.807) is 0 Å². The second-order valence-electron chi connectivity index (χ2n) is 7.54. The monoisotopic (exact) mass is 361 g/mol. The Bertz CT molecular complexity index is 733. The molecule has 1 aliphatic carbocycles. The molecule has 0 N–H and O–H groups in total. The van der Waals surface area contributed by atoms with E-state index in [2.05, 4.69) is 29.2 Å². The lowest BCUT2D eigenvalue weighted by molar-refractivity contribution is 0.155. The Morgan fingerprint density at radius 2 is 1.68 bits per heavy atom. The summed E-state index contributed by atoms with van der Waals surface area (Å²) in [6, 6.07) is 8.35. The number of nitrogens with zero attached hydrogens (tertiary/aromatic N) is 1. The lowest BCUT2D eigenvalue weighted by Crippen LogP contribution is -2.39. The second kappa shape index (κ2) is 7.02. The van der Waals surface area contributed by atoms with E-state index < -0.39 is 9.84 Å². The molecule has 1 atom stereocenters. The molecule has 3 aliphatic rings. The van der Waals surface area contributed by atoms with Gasteiger partial charge >= 0.3 is 0 Å². The zero-order valence-electron chi connectivity index (χ0n) is 14.7. The Morgan fingerprint density at radius 3 is 2.44 bits per heavy atom. The maximum Gasteiger partial charge on any atom is 0.175 e. The minimum Gasteiger partial charge on any atom is -0.490 e. The Balaban J connectivity index is 1.51. The van der Waals surface area contributed by atoms with Gasteiger partial charge in [-0.15, -0.1) is 0 Å². The normalized spacial score (nSPS) is 26.6. The van der Waals surface area contributed by atoms with Crippen molar-refractivity contribution >= 4 is 9.84 Å². The molecule has 2 heterocycles. The molecule has 4 rings (SSSR count). The number of fused-ring (bicyclic) bond motifs is 1. The summed E-state index contributed by atoms with van der Waals surface area (Å²) in [7, 11) is -3.05. The third-order valence-corrected chi connectivity index (χ3v) is 7.08. The molecule has 1 unspecified atom stereocenters. The lowest BCUT2D eigenvalue weighted by atomic mass is 9.87. The second-order valence-corrected chi connectivity index (χ2v) is 9.51. The van der Waals surface area contributed by atoms with Crippen LogP contribution >= 0.6 is 0 Å². The fourth-order valence-corrected chi connectivity index (χ4v) is 5.63. The summed E-state index contributed by atoms with van der Waals surface area (Å²) in [5.41, 5.74) is 2.18. The lowest BCUT2D eigenvalue weighted by Gasteiger charge is -2.39. The third-order valence-electron chi connectivity index (χ3n) is 5.73. The number of hydrogen-bond donors (Lipinski definition) is 0. The van der Waals surface area contributed by atoms with Crippen LogP contribution in [-0.2, 0) is 9.84 Å². The molecule has 1 aromatic rings. The highest BCUT2D eigenvalue weighted by atomic mass is 32.2. The summed E-state index contributed by atoms with van der Waals surface area (Å²) >= 11 is 0. The summed E-state index contributed by atoms with van der Waals surface area (Å²) in [5, 5.41) is 1.52. The van der Waals surface area contributed by atoms with E-state index in [4.69, 9.17) is 4.74 Å². The smallest absolute Gasteiger partial charge is 0.175 e. The highest BCUT2D eigenvalue weighted by Crippen LogP contribution is 2.38. The van der Waals surface area contributed by atoms with Crippen LogP contribution < -0.4 is 4.74 Å². The van der Waals surface area contributed by atoms with Crippen molar-refractivity contribution in [2.24, 2.45) is 0 Å². The predicted octanol–water partition coefficient (Wildman–Crippen LogP) is 3.85. The zero-order chi connectivity index (χ0) is 17.3. The van der Waals surface area contributed by atoms with Crippen molar-refractivity contribution in [1.82, 2.24) is 4.90 Å². The average Bonchev–Trinajstić information content (AvgIpc) is 2.62. The quantitative estimate of drug-likeness (QED) is 0.820. The van der Waals surface area contributed by atoms with Gasteiger partial charge in [0.1, 0.15) is 5.75 Å². The molecule has 136 valence electrons. The van der Waals surface area contributed by atoms with Gasteiger partial charge in [-0.3, -0.25) is 0 Å². The van der Waals surface area contributed by atoms with Crippen LogP contribution in [0.2, 0.25) is 0 Å². The molecule has 0 aromatic heterocycles. The molecule has 2 fully saturated rings. The van der Waals surface area contributed by atoms with E-state index >= 15 is 0 Å². The molecule has 2 aliphatic heterocycles. The van der Waals surface area contributed by atoms with Gasteiger partial charge in [-0.25, -0.2) is 8.42 Å². The van der Waals surface area contributed by atoms with E-state index in [-0.39, 0.29) is 11.7 Å². The van der Waals surface area contributed by atoms with Gasteiger partial charge in [0.15, 0.2) is 9.84 Å². The molecule has 1 saturated carbocycles. The average molecular weight is 362 g/mol. The number of hydrogen-bond acceptors (Lipinski definition) is 4. The molecule has 0 spiro atoms. The number of benzene rings is 1. The molecule has 0 bridgehead atoms.